The zero-order valence-electron chi connectivity index (χ0n) is 16.2. The molecule has 25 heavy (non-hydrogen) atoms. The number of carbonyl (C=O) groups is 2. The second kappa shape index (κ2) is 7.03. The molecule has 0 fully saturated rings. The lowest BCUT2D eigenvalue weighted by atomic mass is 9.81. The molecule has 1 aromatic carbocycles. The van der Waals surface area contributed by atoms with E-state index in [1.165, 1.54) is 0 Å². The molecule has 1 aromatic rings. The van der Waals surface area contributed by atoms with Crippen LogP contribution in [0.1, 0.15) is 53.5 Å². The minimum absolute atomic E-state index is 0.102. The van der Waals surface area contributed by atoms with Gasteiger partial charge in [-0.1, -0.05) is 51.1 Å². The van der Waals surface area contributed by atoms with E-state index in [1.807, 2.05) is 51.1 Å². The molecule has 1 atom stereocenters. The van der Waals surface area contributed by atoms with E-state index in [-0.39, 0.29) is 22.8 Å². The third-order valence-electron chi connectivity index (χ3n) is 4.26. The van der Waals surface area contributed by atoms with E-state index in [2.05, 4.69) is 26.1 Å². The van der Waals surface area contributed by atoms with Crippen LogP contribution in [0.25, 0.3) is 0 Å². The molecule has 1 unspecified atom stereocenters. The average molecular weight is 342 g/mol. The van der Waals surface area contributed by atoms with Crippen LogP contribution in [0.5, 0.6) is 0 Å². The van der Waals surface area contributed by atoms with Gasteiger partial charge in [0.15, 0.2) is 0 Å². The van der Waals surface area contributed by atoms with Crippen LogP contribution in [0.15, 0.2) is 42.0 Å². The van der Waals surface area contributed by atoms with Gasteiger partial charge < -0.3 is 10.2 Å². The van der Waals surface area contributed by atoms with Crippen LogP contribution in [0.4, 0.5) is 0 Å². The molecular weight excluding hydrogens is 312 g/mol. The predicted octanol–water partition coefficient (Wildman–Crippen LogP) is 3.67. The van der Waals surface area contributed by atoms with Crippen LogP contribution in [-0.4, -0.2) is 28.3 Å². The lowest BCUT2D eigenvalue weighted by Gasteiger charge is -2.35. The number of carbonyl (C=O) groups excluding carboxylic acids is 2. The summed E-state index contributed by atoms with van der Waals surface area (Å²) in [6.45, 7) is 12.8. The molecule has 0 aliphatic carbocycles. The Hall–Kier alpha value is -2.10. The van der Waals surface area contributed by atoms with Gasteiger partial charge in [0.1, 0.15) is 6.04 Å². The van der Waals surface area contributed by atoms with Gasteiger partial charge in [0.2, 0.25) is 11.8 Å². The van der Waals surface area contributed by atoms with Crippen LogP contribution < -0.4 is 5.32 Å². The van der Waals surface area contributed by atoms with Crippen molar-refractivity contribution in [2.24, 2.45) is 5.41 Å². The van der Waals surface area contributed by atoms with Crippen molar-refractivity contribution in [3.05, 3.63) is 47.5 Å². The molecule has 2 amide bonds. The van der Waals surface area contributed by atoms with Crippen LogP contribution in [0.2, 0.25) is 0 Å². The average Bonchev–Trinajstić information content (AvgIpc) is 2.71. The van der Waals surface area contributed by atoms with Crippen LogP contribution >= 0.6 is 0 Å². The van der Waals surface area contributed by atoms with E-state index in [9.17, 15) is 9.59 Å². The number of hydrogen-bond acceptors (Lipinski definition) is 2. The molecule has 0 aromatic heterocycles. The molecule has 136 valence electrons. The highest BCUT2D eigenvalue weighted by atomic mass is 16.2. The zero-order chi connectivity index (χ0) is 18.8. The van der Waals surface area contributed by atoms with E-state index in [0.29, 0.717) is 6.54 Å². The molecule has 1 N–H and O–H groups in total. The summed E-state index contributed by atoms with van der Waals surface area (Å²) in [7, 11) is 0. The second-order valence-corrected chi connectivity index (χ2v) is 8.85. The molecule has 0 radical (unpaired) electrons. The smallest absolute Gasteiger partial charge is 0.247 e. The fraction of sp³-hybridized carbons (Fsp3) is 0.524. The Morgan fingerprint density at radius 1 is 1.12 bits per heavy atom. The summed E-state index contributed by atoms with van der Waals surface area (Å²) in [5, 5.41) is 3.15. The van der Waals surface area contributed by atoms with Crippen molar-refractivity contribution >= 4 is 11.8 Å². The van der Waals surface area contributed by atoms with Gasteiger partial charge in [0.05, 0.1) is 0 Å². The van der Waals surface area contributed by atoms with Crippen molar-refractivity contribution in [3.63, 3.8) is 0 Å². The minimum atomic E-state index is -0.535. The summed E-state index contributed by atoms with van der Waals surface area (Å²) < 4.78 is 0. The fourth-order valence-electron chi connectivity index (χ4n) is 3.80. The van der Waals surface area contributed by atoms with Gasteiger partial charge >= 0.3 is 0 Å². The summed E-state index contributed by atoms with van der Waals surface area (Å²) >= 11 is 0. The van der Waals surface area contributed by atoms with Crippen LogP contribution in [0.3, 0.4) is 0 Å². The van der Waals surface area contributed by atoms with Crippen molar-refractivity contribution in [2.75, 3.05) is 0 Å². The molecule has 4 heteroatoms. The van der Waals surface area contributed by atoms with E-state index in [4.69, 9.17) is 0 Å². The van der Waals surface area contributed by atoms with Crippen molar-refractivity contribution in [3.8, 4) is 0 Å². The molecule has 0 spiro atoms. The van der Waals surface area contributed by atoms with Gasteiger partial charge in [-0.05, 0) is 43.7 Å². The summed E-state index contributed by atoms with van der Waals surface area (Å²) in [5.41, 5.74) is 1.59. The second-order valence-electron chi connectivity index (χ2n) is 8.85. The predicted molar refractivity (Wildman–Crippen MR) is 101 cm³/mol. The molecule has 0 bridgehead atoms. The van der Waals surface area contributed by atoms with Gasteiger partial charge in [0.25, 0.3) is 0 Å². The number of nitrogens with zero attached hydrogens (tertiary/aromatic N) is 1. The Morgan fingerprint density at radius 2 is 1.72 bits per heavy atom. The highest BCUT2D eigenvalue weighted by molar-refractivity contribution is 6.00. The summed E-state index contributed by atoms with van der Waals surface area (Å²) in [6.07, 6.45) is 2.43. The molecular formula is C21H30N2O2. The number of hydrogen-bond donors (Lipinski definition) is 1. The maximum Gasteiger partial charge on any atom is 0.247 e. The van der Waals surface area contributed by atoms with Crippen molar-refractivity contribution in [1.29, 1.82) is 0 Å². The molecule has 0 saturated carbocycles. The summed E-state index contributed by atoms with van der Waals surface area (Å²) in [4.78, 5) is 27.0. The van der Waals surface area contributed by atoms with Gasteiger partial charge in [-0.25, -0.2) is 0 Å². The van der Waals surface area contributed by atoms with E-state index in [0.717, 1.165) is 17.6 Å². The molecule has 0 saturated heterocycles. The maximum atomic E-state index is 13.0. The third kappa shape index (κ3) is 5.18. The Bertz CT molecular complexity index is 669. The van der Waals surface area contributed by atoms with Gasteiger partial charge in [-0.3, -0.25) is 9.59 Å². The first-order chi connectivity index (χ1) is 11.5. The first kappa shape index (κ1) is 19.2. The Labute approximate surface area is 151 Å². The summed E-state index contributed by atoms with van der Waals surface area (Å²) in [6, 6.07) is 9.23. The van der Waals surface area contributed by atoms with E-state index in [1.54, 1.807) is 11.0 Å². The molecule has 2 rings (SSSR count). The quantitative estimate of drug-likeness (QED) is 0.887. The lowest BCUT2D eigenvalue weighted by Crippen LogP contribution is -2.53. The maximum absolute atomic E-state index is 13.0. The highest BCUT2D eigenvalue weighted by Gasteiger charge is 2.38. The first-order valence-corrected chi connectivity index (χ1v) is 8.83. The monoisotopic (exact) mass is 342 g/mol. The lowest BCUT2D eigenvalue weighted by molar-refractivity contribution is -0.135. The number of amides is 2. The van der Waals surface area contributed by atoms with Crippen molar-refractivity contribution in [2.45, 2.75) is 66.1 Å². The number of benzene rings is 1. The summed E-state index contributed by atoms with van der Waals surface area (Å²) in [5.74, 6) is -0.208. The van der Waals surface area contributed by atoms with Gasteiger partial charge in [-0.2, -0.15) is 0 Å². The SMILES string of the molecule is CC1=CC(=O)N(Cc2ccccc2)C1C(=O)NC(C)(C)CC(C)(C)C. The van der Waals surface area contributed by atoms with E-state index < -0.39 is 6.04 Å². The molecule has 1 aliphatic heterocycles. The van der Waals surface area contributed by atoms with Crippen LogP contribution in [-0.2, 0) is 16.1 Å². The first-order valence-electron chi connectivity index (χ1n) is 8.83. The Morgan fingerprint density at radius 3 is 2.28 bits per heavy atom. The Kier molecular flexibility index (Phi) is 5.40. The molecule has 1 aliphatic rings. The van der Waals surface area contributed by atoms with Gasteiger partial charge in [0, 0.05) is 18.2 Å². The fourth-order valence-corrected chi connectivity index (χ4v) is 3.80. The number of rotatable bonds is 5. The normalized spacial score (nSPS) is 18.3. The zero-order valence-corrected chi connectivity index (χ0v) is 16.2. The van der Waals surface area contributed by atoms with Crippen molar-refractivity contribution in [1.82, 2.24) is 10.2 Å². The third-order valence-corrected chi connectivity index (χ3v) is 4.26. The largest absolute Gasteiger partial charge is 0.349 e. The van der Waals surface area contributed by atoms with Crippen LogP contribution in [0, 0.1) is 5.41 Å². The standard InChI is InChI=1S/C21H30N2O2/c1-15-12-17(24)23(13-16-10-8-7-9-11-16)18(15)19(25)22-21(5,6)14-20(2,3)4/h7-12,18H,13-14H2,1-6H3,(H,22,25). The van der Waals surface area contributed by atoms with E-state index >= 15 is 0 Å². The molecule has 4 nitrogen and oxygen atoms in total. The minimum Gasteiger partial charge on any atom is -0.349 e. The topological polar surface area (TPSA) is 49.4 Å². The number of nitrogens with one attached hydrogen (secondary N) is 1. The van der Waals surface area contributed by atoms with Crippen molar-refractivity contribution < 1.29 is 9.59 Å². The van der Waals surface area contributed by atoms with Gasteiger partial charge in [-0.15, -0.1) is 0 Å². The molecule has 1 heterocycles. The highest BCUT2D eigenvalue weighted by Crippen LogP contribution is 2.28. The Balaban J connectivity index is 2.15.